The van der Waals surface area contributed by atoms with Gasteiger partial charge >= 0.3 is 0 Å². The lowest BCUT2D eigenvalue weighted by molar-refractivity contribution is 0.0827. The molecule has 1 amide bonds. The second kappa shape index (κ2) is 12.5. The molecule has 0 atom stereocenters. The summed E-state index contributed by atoms with van der Waals surface area (Å²) in [6, 6.07) is 13.6. The van der Waals surface area contributed by atoms with Gasteiger partial charge in [0.1, 0.15) is 0 Å². The molecule has 0 saturated heterocycles. The van der Waals surface area contributed by atoms with E-state index >= 15 is 0 Å². The van der Waals surface area contributed by atoms with Crippen molar-refractivity contribution in [1.82, 2.24) is 15.5 Å². The van der Waals surface area contributed by atoms with Gasteiger partial charge in [-0.3, -0.25) is 9.79 Å². The third kappa shape index (κ3) is 7.51. The molecule has 7 nitrogen and oxygen atoms in total. The first kappa shape index (κ1) is 24.1. The highest BCUT2D eigenvalue weighted by molar-refractivity contribution is 5.93. The molecule has 0 bridgehead atoms. The Morgan fingerprint density at radius 3 is 2.19 bits per heavy atom. The molecular formula is C24H34N4O3. The number of carbonyl (C=O) groups excluding carboxylic acids is 1. The molecule has 0 heterocycles. The Kier molecular flexibility index (Phi) is 9.68. The maximum atomic E-state index is 12.0. The summed E-state index contributed by atoms with van der Waals surface area (Å²) in [6.07, 6.45) is 0.828. The Morgan fingerprint density at radius 2 is 1.58 bits per heavy atom. The van der Waals surface area contributed by atoms with Crippen molar-refractivity contribution in [2.75, 3.05) is 40.9 Å². The van der Waals surface area contributed by atoms with Crippen LogP contribution in [0.5, 0.6) is 11.5 Å². The third-order valence-corrected chi connectivity index (χ3v) is 4.60. The zero-order valence-corrected chi connectivity index (χ0v) is 19.2. The Morgan fingerprint density at radius 1 is 0.935 bits per heavy atom. The van der Waals surface area contributed by atoms with Crippen molar-refractivity contribution in [3.8, 4) is 11.5 Å². The molecule has 31 heavy (non-hydrogen) atoms. The summed E-state index contributed by atoms with van der Waals surface area (Å²) in [5.74, 6) is 2.28. The minimum atomic E-state index is -0.00114. The second-order valence-corrected chi connectivity index (χ2v) is 7.15. The van der Waals surface area contributed by atoms with Crippen LogP contribution in [0.4, 0.5) is 0 Å². The summed E-state index contributed by atoms with van der Waals surface area (Å²) in [5, 5.41) is 6.63. The molecule has 0 aliphatic heterocycles. The number of ether oxygens (including phenoxy) is 2. The van der Waals surface area contributed by atoms with E-state index in [9.17, 15) is 4.79 Å². The summed E-state index contributed by atoms with van der Waals surface area (Å²) >= 11 is 0. The lowest BCUT2D eigenvalue weighted by atomic mass is 10.1. The SMILES string of the molecule is CCOc1ccc(CCNC(=NC)NCc2ccc(C(=O)N(C)C)cc2)cc1OCC. The minimum absolute atomic E-state index is 0.00114. The Bertz CT molecular complexity index is 864. The Labute approximate surface area is 185 Å². The third-order valence-electron chi connectivity index (χ3n) is 4.60. The molecule has 168 valence electrons. The summed E-state index contributed by atoms with van der Waals surface area (Å²) in [5.41, 5.74) is 2.92. The standard InChI is InChI=1S/C24H34N4O3/c1-6-30-21-13-10-18(16-22(21)31-7-2)14-15-26-24(25-3)27-17-19-8-11-20(12-9-19)23(29)28(4)5/h8-13,16H,6-7,14-15,17H2,1-5H3,(H2,25,26,27). The highest BCUT2D eigenvalue weighted by Crippen LogP contribution is 2.28. The monoisotopic (exact) mass is 426 g/mol. The molecule has 0 aliphatic rings. The van der Waals surface area contributed by atoms with Gasteiger partial charge in [0.2, 0.25) is 0 Å². The van der Waals surface area contributed by atoms with Crippen LogP contribution in [0.25, 0.3) is 0 Å². The molecule has 0 unspecified atom stereocenters. The molecule has 0 spiro atoms. The molecule has 0 aromatic heterocycles. The second-order valence-electron chi connectivity index (χ2n) is 7.15. The highest BCUT2D eigenvalue weighted by Gasteiger charge is 2.08. The number of carbonyl (C=O) groups is 1. The number of amides is 1. The van der Waals surface area contributed by atoms with Crippen LogP contribution in [0.3, 0.4) is 0 Å². The van der Waals surface area contributed by atoms with Crippen LogP contribution < -0.4 is 20.1 Å². The van der Waals surface area contributed by atoms with Gasteiger partial charge in [0.15, 0.2) is 17.5 Å². The van der Waals surface area contributed by atoms with E-state index in [4.69, 9.17) is 9.47 Å². The van der Waals surface area contributed by atoms with E-state index in [1.165, 1.54) is 0 Å². The predicted octanol–water partition coefficient (Wildman–Crippen LogP) is 3.09. The largest absolute Gasteiger partial charge is 0.490 e. The number of hydrogen-bond acceptors (Lipinski definition) is 4. The van der Waals surface area contributed by atoms with Gasteiger partial charge in [0.05, 0.1) is 13.2 Å². The van der Waals surface area contributed by atoms with E-state index in [1.54, 1.807) is 26.0 Å². The van der Waals surface area contributed by atoms with E-state index in [0.29, 0.717) is 25.3 Å². The van der Waals surface area contributed by atoms with Gasteiger partial charge in [-0.15, -0.1) is 0 Å². The van der Waals surface area contributed by atoms with Crippen molar-refractivity contribution in [2.24, 2.45) is 4.99 Å². The summed E-state index contributed by atoms with van der Waals surface area (Å²) in [4.78, 5) is 17.8. The molecule has 0 fully saturated rings. The average molecular weight is 427 g/mol. The molecule has 2 aromatic carbocycles. The number of hydrogen-bond donors (Lipinski definition) is 2. The molecule has 2 rings (SSSR count). The van der Waals surface area contributed by atoms with Crippen molar-refractivity contribution in [3.05, 3.63) is 59.2 Å². The number of rotatable bonds is 10. The first-order valence-electron chi connectivity index (χ1n) is 10.6. The van der Waals surface area contributed by atoms with E-state index in [1.807, 2.05) is 50.2 Å². The van der Waals surface area contributed by atoms with E-state index in [-0.39, 0.29) is 5.91 Å². The van der Waals surface area contributed by atoms with Gasteiger partial charge in [-0.25, -0.2) is 0 Å². The van der Waals surface area contributed by atoms with Gasteiger partial charge in [-0.05, 0) is 55.7 Å². The van der Waals surface area contributed by atoms with Crippen LogP contribution in [-0.4, -0.2) is 57.7 Å². The Balaban J connectivity index is 1.85. The molecule has 2 aromatic rings. The number of benzene rings is 2. The molecular weight excluding hydrogens is 392 g/mol. The number of nitrogens with zero attached hydrogens (tertiary/aromatic N) is 2. The number of guanidine groups is 1. The Hall–Kier alpha value is -3.22. The van der Waals surface area contributed by atoms with E-state index in [0.717, 1.165) is 41.6 Å². The zero-order chi connectivity index (χ0) is 22.6. The lowest BCUT2D eigenvalue weighted by Crippen LogP contribution is -2.37. The number of aliphatic imine (C=N–C) groups is 1. The quantitative estimate of drug-likeness (QED) is 0.451. The molecule has 0 saturated carbocycles. The fourth-order valence-electron chi connectivity index (χ4n) is 3.01. The highest BCUT2D eigenvalue weighted by atomic mass is 16.5. The van der Waals surface area contributed by atoms with Gasteiger partial charge < -0.3 is 25.0 Å². The van der Waals surface area contributed by atoms with E-state index in [2.05, 4.69) is 21.7 Å². The zero-order valence-electron chi connectivity index (χ0n) is 19.2. The van der Waals surface area contributed by atoms with E-state index < -0.39 is 0 Å². The van der Waals surface area contributed by atoms with Crippen LogP contribution in [0.15, 0.2) is 47.5 Å². The molecule has 2 N–H and O–H groups in total. The first-order chi connectivity index (χ1) is 15.0. The number of nitrogens with one attached hydrogen (secondary N) is 2. The smallest absolute Gasteiger partial charge is 0.253 e. The maximum absolute atomic E-state index is 12.0. The van der Waals surface area contributed by atoms with Crippen molar-refractivity contribution < 1.29 is 14.3 Å². The van der Waals surface area contributed by atoms with Crippen LogP contribution >= 0.6 is 0 Å². The summed E-state index contributed by atoms with van der Waals surface area (Å²) < 4.78 is 11.3. The van der Waals surface area contributed by atoms with Crippen LogP contribution in [-0.2, 0) is 13.0 Å². The lowest BCUT2D eigenvalue weighted by Gasteiger charge is -2.14. The van der Waals surface area contributed by atoms with Gasteiger partial charge in [0.25, 0.3) is 5.91 Å². The fourth-order valence-corrected chi connectivity index (χ4v) is 3.01. The van der Waals surface area contributed by atoms with Crippen LogP contribution in [0.2, 0.25) is 0 Å². The first-order valence-corrected chi connectivity index (χ1v) is 10.6. The van der Waals surface area contributed by atoms with Gasteiger partial charge in [-0.2, -0.15) is 0 Å². The molecule has 0 aliphatic carbocycles. The van der Waals surface area contributed by atoms with Gasteiger partial charge in [0, 0.05) is 39.8 Å². The van der Waals surface area contributed by atoms with Crippen LogP contribution in [0.1, 0.15) is 35.3 Å². The topological polar surface area (TPSA) is 75.2 Å². The molecule has 0 radical (unpaired) electrons. The van der Waals surface area contributed by atoms with Gasteiger partial charge in [-0.1, -0.05) is 18.2 Å². The fraction of sp³-hybridized carbons (Fsp3) is 0.417. The minimum Gasteiger partial charge on any atom is -0.490 e. The molecule has 7 heteroatoms. The van der Waals surface area contributed by atoms with Crippen molar-refractivity contribution in [3.63, 3.8) is 0 Å². The predicted molar refractivity (Wildman–Crippen MR) is 125 cm³/mol. The average Bonchev–Trinajstić information content (AvgIpc) is 2.77. The summed E-state index contributed by atoms with van der Waals surface area (Å²) in [6.45, 7) is 6.49. The maximum Gasteiger partial charge on any atom is 0.253 e. The van der Waals surface area contributed by atoms with Crippen molar-refractivity contribution in [1.29, 1.82) is 0 Å². The van der Waals surface area contributed by atoms with Crippen LogP contribution in [0, 0.1) is 0 Å². The normalized spacial score (nSPS) is 11.1. The van der Waals surface area contributed by atoms with Crippen molar-refractivity contribution >= 4 is 11.9 Å². The summed E-state index contributed by atoms with van der Waals surface area (Å²) in [7, 11) is 5.25. The van der Waals surface area contributed by atoms with Crippen molar-refractivity contribution in [2.45, 2.75) is 26.8 Å².